The molecule has 2 aromatic carbocycles. The number of fused-ring (bicyclic) bond motifs is 1. The molecule has 5 aromatic rings. The van der Waals surface area contributed by atoms with Gasteiger partial charge in [0.1, 0.15) is 0 Å². The van der Waals surface area contributed by atoms with E-state index in [0.717, 1.165) is 11.1 Å². The molecule has 3 aromatic heterocycles. The summed E-state index contributed by atoms with van der Waals surface area (Å²) in [5.74, 6) is 0.285. The molecule has 8 heteroatoms. The van der Waals surface area contributed by atoms with Crippen LogP contribution in [0.1, 0.15) is 23.3 Å². The van der Waals surface area contributed by atoms with Gasteiger partial charge in [-0.1, -0.05) is 60.3 Å². The van der Waals surface area contributed by atoms with E-state index < -0.39 is 0 Å². The second-order valence-corrected chi connectivity index (χ2v) is 8.55. The van der Waals surface area contributed by atoms with Crippen LogP contribution in [0.4, 0.5) is 0 Å². The molecule has 0 N–H and O–H groups in total. The van der Waals surface area contributed by atoms with Gasteiger partial charge in [0.25, 0.3) is 16.7 Å². The molecule has 7 nitrogen and oxygen atoms in total. The highest BCUT2D eigenvalue weighted by Gasteiger charge is 2.19. The van der Waals surface area contributed by atoms with E-state index in [4.69, 9.17) is 4.42 Å². The number of hydrogen-bond donors (Lipinski definition) is 0. The predicted molar refractivity (Wildman–Crippen MR) is 123 cm³/mol. The average molecular weight is 442 g/mol. The van der Waals surface area contributed by atoms with Crippen LogP contribution in [0.2, 0.25) is 0 Å². The average Bonchev–Trinajstić information content (AvgIpc) is 3.30. The lowest BCUT2D eigenvalue weighted by atomic mass is 10.1. The van der Waals surface area contributed by atoms with Crippen molar-refractivity contribution in [2.75, 3.05) is 0 Å². The number of pyridine rings is 1. The van der Waals surface area contributed by atoms with E-state index >= 15 is 0 Å². The summed E-state index contributed by atoms with van der Waals surface area (Å²) in [5, 5.41) is 14.8. The molecule has 1 atom stereocenters. The van der Waals surface area contributed by atoms with Crippen molar-refractivity contribution in [2.45, 2.75) is 23.9 Å². The van der Waals surface area contributed by atoms with Gasteiger partial charge in [-0.05, 0) is 36.2 Å². The number of aromatic nitrogens is 5. The van der Waals surface area contributed by atoms with Gasteiger partial charge in [-0.3, -0.25) is 9.78 Å². The van der Waals surface area contributed by atoms with Crippen molar-refractivity contribution in [3.63, 3.8) is 0 Å². The summed E-state index contributed by atoms with van der Waals surface area (Å²) in [7, 11) is 0. The van der Waals surface area contributed by atoms with Crippen molar-refractivity contribution in [3.8, 4) is 11.6 Å². The predicted octanol–water partition coefficient (Wildman–Crippen LogP) is 4.74. The summed E-state index contributed by atoms with van der Waals surface area (Å²) >= 11 is 1.46. The molecule has 0 spiro atoms. The first-order valence-electron chi connectivity index (χ1n) is 10.1. The summed E-state index contributed by atoms with van der Waals surface area (Å²) in [5.41, 5.74) is 2.43. The molecule has 0 saturated heterocycles. The third-order valence-electron chi connectivity index (χ3n) is 5.11. The van der Waals surface area contributed by atoms with Gasteiger partial charge in [0.2, 0.25) is 0 Å². The maximum atomic E-state index is 13.0. The maximum absolute atomic E-state index is 13.0. The molecule has 0 fully saturated rings. The fourth-order valence-electron chi connectivity index (χ4n) is 3.46. The SMILES string of the molecule is CC(Sc1nnc(-c2nn(Cc3ccccc3)c(=O)c3ccccc23)o1)c1ccncc1. The van der Waals surface area contributed by atoms with Gasteiger partial charge in [-0.25, -0.2) is 4.68 Å². The highest BCUT2D eigenvalue weighted by Crippen LogP contribution is 2.35. The minimum Gasteiger partial charge on any atom is -0.409 e. The number of hydrogen-bond acceptors (Lipinski definition) is 7. The fourth-order valence-corrected chi connectivity index (χ4v) is 4.27. The lowest BCUT2D eigenvalue weighted by Crippen LogP contribution is -2.24. The molecule has 0 saturated carbocycles. The van der Waals surface area contributed by atoms with E-state index in [2.05, 4.69) is 27.2 Å². The molecule has 0 aliphatic heterocycles. The molecular formula is C24H19N5O2S. The fraction of sp³-hybridized carbons (Fsp3) is 0.125. The van der Waals surface area contributed by atoms with Gasteiger partial charge in [-0.15, -0.1) is 10.2 Å². The zero-order chi connectivity index (χ0) is 21.9. The smallest absolute Gasteiger partial charge is 0.277 e. The van der Waals surface area contributed by atoms with E-state index in [0.29, 0.717) is 28.2 Å². The molecule has 32 heavy (non-hydrogen) atoms. The van der Waals surface area contributed by atoms with Crippen LogP contribution >= 0.6 is 11.8 Å². The lowest BCUT2D eigenvalue weighted by Gasteiger charge is -2.09. The highest BCUT2D eigenvalue weighted by molar-refractivity contribution is 7.99. The van der Waals surface area contributed by atoms with Gasteiger partial charge in [0.05, 0.1) is 11.9 Å². The van der Waals surface area contributed by atoms with Crippen molar-refractivity contribution in [1.29, 1.82) is 0 Å². The molecular weight excluding hydrogens is 422 g/mol. The van der Waals surface area contributed by atoms with Crippen LogP contribution in [0.25, 0.3) is 22.4 Å². The Kier molecular flexibility index (Phi) is 5.51. The van der Waals surface area contributed by atoms with Gasteiger partial charge in [0.15, 0.2) is 5.69 Å². The minimum atomic E-state index is -0.159. The Hall–Kier alpha value is -3.78. The van der Waals surface area contributed by atoms with Crippen LogP contribution < -0.4 is 5.56 Å². The third kappa shape index (κ3) is 4.04. The quantitative estimate of drug-likeness (QED) is 0.352. The van der Waals surface area contributed by atoms with Crippen LogP contribution in [0, 0.1) is 0 Å². The number of nitrogens with zero attached hydrogens (tertiary/aromatic N) is 5. The maximum Gasteiger partial charge on any atom is 0.277 e. The van der Waals surface area contributed by atoms with Gasteiger partial charge >= 0.3 is 0 Å². The van der Waals surface area contributed by atoms with Crippen molar-refractivity contribution in [1.82, 2.24) is 25.0 Å². The third-order valence-corrected chi connectivity index (χ3v) is 6.10. The zero-order valence-corrected chi connectivity index (χ0v) is 18.1. The first kappa shape index (κ1) is 20.1. The van der Waals surface area contributed by atoms with Crippen LogP contribution in [-0.4, -0.2) is 25.0 Å². The minimum absolute atomic E-state index is 0.114. The van der Waals surface area contributed by atoms with Crippen LogP contribution in [0.3, 0.4) is 0 Å². The van der Waals surface area contributed by atoms with E-state index in [1.807, 2.05) is 60.7 Å². The van der Waals surface area contributed by atoms with Crippen molar-refractivity contribution < 1.29 is 4.42 Å². The molecule has 3 heterocycles. The summed E-state index contributed by atoms with van der Waals surface area (Å²) in [4.78, 5) is 17.1. The standard InChI is InChI=1S/C24H19N5O2S/c1-16(18-11-13-25-14-12-18)32-24-27-26-22(31-24)21-19-9-5-6-10-20(19)23(30)29(28-21)15-17-7-3-2-4-8-17/h2-14,16H,15H2,1H3. The summed E-state index contributed by atoms with van der Waals surface area (Å²) in [6.07, 6.45) is 3.52. The van der Waals surface area contributed by atoms with Crippen molar-refractivity contribution in [3.05, 3.63) is 101 Å². The normalized spacial score (nSPS) is 12.2. The monoisotopic (exact) mass is 441 g/mol. The Labute approximate surface area is 188 Å². The largest absolute Gasteiger partial charge is 0.409 e. The van der Waals surface area contributed by atoms with Crippen LogP contribution in [-0.2, 0) is 6.54 Å². The van der Waals surface area contributed by atoms with Crippen molar-refractivity contribution >= 4 is 22.5 Å². The van der Waals surface area contributed by atoms with Crippen LogP contribution in [0.15, 0.2) is 93.6 Å². The zero-order valence-electron chi connectivity index (χ0n) is 17.3. The Balaban J connectivity index is 1.53. The van der Waals surface area contributed by atoms with E-state index in [9.17, 15) is 4.79 Å². The van der Waals surface area contributed by atoms with Gasteiger partial charge < -0.3 is 4.42 Å². The molecule has 5 rings (SSSR count). The molecule has 0 radical (unpaired) electrons. The second-order valence-electron chi connectivity index (χ2n) is 7.26. The Morgan fingerprint density at radius 1 is 0.938 bits per heavy atom. The Morgan fingerprint density at radius 2 is 1.66 bits per heavy atom. The Bertz CT molecular complexity index is 1420. The first-order valence-corrected chi connectivity index (χ1v) is 11.0. The highest BCUT2D eigenvalue weighted by atomic mass is 32.2. The molecule has 0 amide bonds. The summed E-state index contributed by atoms with van der Waals surface area (Å²) in [6.45, 7) is 2.42. The van der Waals surface area contributed by atoms with Crippen LogP contribution in [0.5, 0.6) is 0 Å². The molecule has 158 valence electrons. The van der Waals surface area contributed by atoms with Crippen molar-refractivity contribution in [2.24, 2.45) is 0 Å². The van der Waals surface area contributed by atoms with E-state index in [1.165, 1.54) is 16.4 Å². The number of thioether (sulfide) groups is 1. The van der Waals surface area contributed by atoms with Gasteiger partial charge in [-0.2, -0.15) is 5.10 Å². The first-order chi connectivity index (χ1) is 15.7. The summed E-state index contributed by atoms with van der Waals surface area (Å²) < 4.78 is 7.41. The molecule has 0 aliphatic carbocycles. The summed E-state index contributed by atoms with van der Waals surface area (Å²) in [6, 6.07) is 21.0. The van der Waals surface area contributed by atoms with Gasteiger partial charge in [0, 0.05) is 23.0 Å². The molecule has 0 aliphatic rings. The topological polar surface area (TPSA) is 86.7 Å². The Morgan fingerprint density at radius 3 is 2.44 bits per heavy atom. The number of rotatable bonds is 6. The molecule has 1 unspecified atom stereocenters. The van der Waals surface area contributed by atoms with E-state index in [1.54, 1.807) is 18.5 Å². The molecule has 0 bridgehead atoms. The number of benzene rings is 2. The lowest BCUT2D eigenvalue weighted by molar-refractivity contribution is 0.462. The second kappa shape index (κ2) is 8.76. The van der Waals surface area contributed by atoms with E-state index in [-0.39, 0.29) is 16.7 Å².